The summed E-state index contributed by atoms with van der Waals surface area (Å²) in [5.74, 6) is 0. The van der Waals surface area contributed by atoms with Gasteiger partial charge in [-0.25, -0.2) is 0 Å². The van der Waals surface area contributed by atoms with Crippen molar-refractivity contribution in [3.05, 3.63) is 157 Å². The van der Waals surface area contributed by atoms with Crippen LogP contribution >= 0.6 is 0 Å². The smallest absolute Gasteiger partial charge is 0.0616 e. The Labute approximate surface area is 253 Å². The van der Waals surface area contributed by atoms with Gasteiger partial charge in [0, 0.05) is 0 Å². The third-order valence-electron chi connectivity index (χ3n) is 7.21. The van der Waals surface area contributed by atoms with E-state index < -0.39 is 66.5 Å². The molecule has 0 atom stereocenters. The number of fused-ring (bicyclic) bond motifs is 4. The Morgan fingerprint density at radius 3 is 1.55 bits per heavy atom. The topological polar surface area (TPSA) is 0 Å². The number of rotatable bonds is 3. The maximum atomic E-state index is 9.31. The van der Waals surface area contributed by atoms with Crippen LogP contribution < -0.4 is 0 Å². The van der Waals surface area contributed by atoms with E-state index in [0.29, 0.717) is 21.9 Å². The van der Waals surface area contributed by atoms with Crippen LogP contribution in [0.3, 0.4) is 0 Å². The van der Waals surface area contributed by atoms with E-state index in [1.807, 2.05) is 48.5 Å². The minimum atomic E-state index is -0.538. The molecule has 40 heavy (non-hydrogen) atoms. The highest BCUT2D eigenvalue weighted by Crippen LogP contribution is 2.44. The van der Waals surface area contributed by atoms with Crippen molar-refractivity contribution < 1.29 is 19.2 Å². The first kappa shape index (κ1) is 12.8. The van der Waals surface area contributed by atoms with Crippen molar-refractivity contribution in [2.24, 2.45) is 0 Å². The molecule has 0 nitrogen and oxygen atoms in total. The van der Waals surface area contributed by atoms with Gasteiger partial charge < -0.3 is 0 Å². The standard InChI is InChI=1S/C40H26/c1-2-12-31-26-32(25-20-27(31)10-1)40-37-17-7-5-15-35(37)39(36-16-6-8-18-38(36)40)30-23-21-29(22-24-30)34-19-9-13-28-11-3-4-14-33(28)34/h1-26H/i1D,2D,3D,4D,9D,10D,11D,12D,13D,14D,19D,20D,25D,26D. The van der Waals surface area contributed by atoms with Crippen molar-refractivity contribution in [3.8, 4) is 33.4 Å². The molecule has 8 aromatic rings. The highest BCUT2D eigenvalue weighted by Gasteiger charge is 2.17. The Hall–Kier alpha value is -5.20. The van der Waals surface area contributed by atoms with Gasteiger partial charge in [0.2, 0.25) is 0 Å². The third-order valence-corrected chi connectivity index (χ3v) is 7.21. The summed E-state index contributed by atoms with van der Waals surface area (Å²) in [6.45, 7) is 0. The van der Waals surface area contributed by atoms with Crippen LogP contribution in [0.15, 0.2) is 157 Å². The second-order valence-corrected chi connectivity index (χ2v) is 9.42. The summed E-state index contributed by atoms with van der Waals surface area (Å²) in [6.07, 6.45) is 0. The van der Waals surface area contributed by atoms with Crippen molar-refractivity contribution in [3.63, 3.8) is 0 Å². The van der Waals surface area contributed by atoms with E-state index in [1.54, 1.807) is 24.3 Å². The predicted octanol–water partition coefficient (Wildman–Crippen LogP) is 11.3. The Bertz CT molecular complexity index is 2910. The number of benzene rings is 8. The van der Waals surface area contributed by atoms with E-state index >= 15 is 0 Å². The maximum Gasteiger partial charge on any atom is 0.0636 e. The molecular formula is C40H26. The third kappa shape index (κ3) is 3.61. The zero-order valence-electron chi connectivity index (χ0n) is 34.9. The maximum absolute atomic E-state index is 9.31. The highest BCUT2D eigenvalue weighted by molar-refractivity contribution is 6.21. The second-order valence-electron chi connectivity index (χ2n) is 9.42. The summed E-state index contributed by atoms with van der Waals surface area (Å²) in [7, 11) is 0. The van der Waals surface area contributed by atoms with Gasteiger partial charge in [-0.3, -0.25) is 0 Å². The zero-order valence-corrected chi connectivity index (χ0v) is 20.9. The molecule has 8 rings (SSSR count). The SMILES string of the molecule is [2H]c1c([2H])c([2H])c2c([2H])c(-c3c4ccccc4c(-c4ccc(-c5c([2H])c([2H])c([2H])c6c([2H])c([2H])c([2H])c([2H])c56)cc4)c4ccccc34)c([2H])c([2H])c2c1[2H]. The fourth-order valence-electron chi connectivity index (χ4n) is 5.45. The average Bonchev–Trinajstić information content (AvgIpc) is 3.17. The van der Waals surface area contributed by atoms with E-state index in [2.05, 4.69) is 0 Å². The summed E-state index contributed by atoms with van der Waals surface area (Å²) in [5.41, 5.74) is 2.57. The minimum absolute atomic E-state index is 0.00796. The Balaban J connectivity index is 1.42. The average molecular weight is 521 g/mol. The number of hydrogen-bond donors (Lipinski definition) is 0. The van der Waals surface area contributed by atoms with Gasteiger partial charge in [-0.15, -0.1) is 0 Å². The van der Waals surface area contributed by atoms with Crippen LogP contribution in [0.2, 0.25) is 0 Å². The first-order valence-electron chi connectivity index (χ1n) is 19.7. The van der Waals surface area contributed by atoms with Gasteiger partial charge in [0.05, 0.1) is 19.2 Å². The van der Waals surface area contributed by atoms with Crippen LogP contribution in [0.25, 0.3) is 76.5 Å². The first-order valence-corrected chi connectivity index (χ1v) is 12.7. The van der Waals surface area contributed by atoms with Crippen molar-refractivity contribution in [1.82, 2.24) is 0 Å². The number of hydrogen-bond acceptors (Lipinski definition) is 0. The second kappa shape index (κ2) is 9.22. The molecule has 0 aliphatic carbocycles. The Morgan fingerprint density at radius 2 is 0.875 bits per heavy atom. The fraction of sp³-hybridized carbons (Fsp3) is 0. The molecule has 0 radical (unpaired) electrons. The molecule has 0 amide bonds. The largest absolute Gasteiger partial charge is 0.0636 e. The molecule has 8 aromatic carbocycles. The van der Waals surface area contributed by atoms with Crippen LogP contribution in [0.1, 0.15) is 19.2 Å². The summed E-state index contributed by atoms with van der Waals surface area (Å²) in [4.78, 5) is 0. The van der Waals surface area contributed by atoms with E-state index in [1.165, 1.54) is 0 Å². The van der Waals surface area contributed by atoms with Crippen LogP contribution in [-0.4, -0.2) is 0 Å². The van der Waals surface area contributed by atoms with Gasteiger partial charge >= 0.3 is 0 Å². The van der Waals surface area contributed by atoms with Gasteiger partial charge in [-0.1, -0.05) is 151 Å². The molecule has 0 aliphatic heterocycles. The molecule has 0 aromatic heterocycles. The van der Waals surface area contributed by atoms with Gasteiger partial charge in [-0.05, 0) is 82.5 Å². The Morgan fingerprint density at radius 1 is 0.350 bits per heavy atom. The molecule has 0 N–H and O–H groups in total. The molecule has 0 saturated carbocycles. The summed E-state index contributed by atoms with van der Waals surface area (Å²) >= 11 is 0. The molecule has 0 aliphatic rings. The zero-order chi connectivity index (χ0) is 38.7. The lowest BCUT2D eigenvalue weighted by molar-refractivity contribution is 1.63. The van der Waals surface area contributed by atoms with Crippen LogP contribution in [0.4, 0.5) is 0 Å². The van der Waals surface area contributed by atoms with Gasteiger partial charge in [0.1, 0.15) is 0 Å². The molecule has 0 heterocycles. The van der Waals surface area contributed by atoms with E-state index in [0.717, 1.165) is 21.9 Å². The predicted molar refractivity (Wildman–Crippen MR) is 173 cm³/mol. The highest BCUT2D eigenvalue weighted by atomic mass is 14.2. The Kier molecular flexibility index (Phi) is 2.94. The molecule has 0 saturated heterocycles. The van der Waals surface area contributed by atoms with Crippen molar-refractivity contribution in [1.29, 1.82) is 0 Å². The van der Waals surface area contributed by atoms with Gasteiger partial charge in [0.25, 0.3) is 0 Å². The van der Waals surface area contributed by atoms with E-state index in [4.69, 9.17) is 17.8 Å². The normalized spacial score (nSPS) is 16.4. The lowest BCUT2D eigenvalue weighted by Crippen LogP contribution is -1.91. The van der Waals surface area contributed by atoms with Crippen LogP contribution in [0.5, 0.6) is 0 Å². The van der Waals surface area contributed by atoms with E-state index in [9.17, 15) is 1.37 Å². The molecule has 0 fully saturated rings. The van der Waals surface area contributed by atoms with E-state index in [-0.39, 0.29) is 50.8 Å². The van der Waals surface area contributed by atoms with Gasteiger partial charge in [-0.2, -0.15) is 0 Å². The quantitative estimate of drug-likeness (QED) is 0.203. The summed E-state index contributed by atoms with van der Waals surface area (Å²) in [5, 5.41) is 2.28. The first-order chi connectivity index (χ1) is 25.7. The molecule has 186 valence electrons. The lowest BCUT2D eigenvalue weighted by atomic mass is 9.85. The molecule has 0 heteroatoms. The van der Waals surface area contributed by atoms with Crippen molar-refractivity contribution in [2.75, 3.05) is 0 Å². The van der Waals surface area contributed by atoms with Crippen LogP contribution in [0, 0.1) is 0 Å². The molecule has 0 spiro atoms. The van der Waals surface area contributed by atoms with Crippen molar-refractivity contribution >= 4 is 43.1 Å². The summed E-state index contributed by atoms with van der Waals surface area (Å²) in [6, 6.07) is 15.7. The monoisotopic (exact) mass is 520 g/mol. The minimum Gasteiger partial charge on any atom is -0.0616 e. The lowest BCUT2D eigenvalue weighted by Gasteiger charge is -2.18. The van der Waals surface area contributed by atoms with Gasteiger partial charge in [0.15, 0.2) is 0 Å². The fourth-order valence-corrected chi connectivity index (χ4v) is 5.45. The van der Waals surface area contributed by atoms with Crippen molar-refractivity contribution in [2.45, 2.75) is 0 Å². The molecular weight excluding hydrogens is 480 g/mol. The summed E-state index contributed by atoms with van der Waals surface area (Å²) < 4.78 is 120. The van der Waals surface area contributed by atoms with Crippen LogP contribution in [-0.2, 0) is 0 Å². The molecule has 0 unspecified atom stereocenters. The molecule has 0 bridgehead atoms.